The number of benzene rings is 1. The van der Waals surface area contributed by atoms with Gasteiger partial charge in [-0.05, 0) is 73.0 Å². The van der Waals surface area contributed by atoms with Gasteiger partial charge in [0.15, 0.2) is 0 Å². The summed E-state index contributed by atoms with van der Waals surface area (Å²) >= 11 is 0. The molecule has 0 spiro atoms. The lowest BCUT2D eigenvalue weighted by molar-refractivity contribution is -0.274. The number of piperidine rings is 3. The Morgan fingerprint density at radius 1 is 1.35 bits per heavy atom. The maximum absolute atomic E-state index is 6.89. The highest BCUT2D eigenvalue weighted by atomic mass is 16.5. The molecule has 5 saturated heterocycles. The molecule has 26 heavy (non-hydrogen) atoms. The van der Waals surface area contributed by atoms with E-state index in [4.69, 9.17) is 4.74 Å². The minimum atomic E-state index is 0.0535. The van der Waals surface area contributed by atoms with Gasteiger partial charge in [0.1, 0.15) is 0 Å². The Morgan fingerprint density at radius 2 is 2.23 bits per heavy atom. The first kappa shape index (κ1) is 16.5. The second-order valence-corrected chi connectivity index (χ2v) is 8.31. The van der Waals surface area contributed by atoms with Gasteiger partial charge in [0.05, 0.1) is 17.2 Å². The Morgan fingerprint density at radius 3 is 2.96 bits per heavy atom. The van der Waals surface area contributed by atoms with E-state index in [2.05, 4.69) is 54.6 Å². The van der Waals surface area contributed by atoms with Crippen LogP contribution in [0.1, 0.15) is 56.8 Å². The lowest BCUT2D eigenvalue weighted by Gasteiger charge is -2.64. The van der Waals surface area contributed by atoms with Crippen LogP contribution in [0.4, 0.5) is 0 Å². The van der Waals surface area contributed by atoms with Gasteiger partial charge in [0.25, 0.3) is 0 Å². The first-order chi connectivity index (χ1) is 12.6. The summed E-state index contributed by atoms with van der Waals surface area (Å²) in [6.07, 6.45) is 6.77. The topological polar surface area (TPSA) is 25.4 Å². The van der Waals surface area contributed by atoms with Crippen LogP contribution in [0.3, 0.4) is 0 Å². The fourth-order valence-electron chi connectivity index (χ4n) is 5.57. The quantitative estimate of drug-likeness (QED) is 0.780. The molecule has 3 heteroatoms. The molecule has 2 aromatic rings. The number of fused-ring (bicyclic) bond motifs is 3. The van der Waals surface area contributed by atoms with E-state index in [0.29, 0.717) is 6.04 Å². The number of aromatic nitrogens is 1. The van der Waals surface area contributed by atoms with E-state index in [1.165, 1.54) is 41.5 Å². The molecule has 5 aliphatic heterocycles. The average molecular weight is 348 g/mol. The molecule has 0 amide bonds. The predicted molar refractivity (Wildman–Crippen MR) is 106 cm³/mol. The number of pyridine rings is 1. The van der Waals surface area contributed by atoms with E-state index >= 15 is 0 Å². The summed E-state index contributed by atoms with van der Waals surface area (Å²) in [5, 5.41) is 1.24. The molecule has 0 N–H and O–H groups in total. The van der Waals surface area contributed by atoms with Gasteiger partial charge in [-0.2, -0.15) is 0 Å². The minimum absolute atomic E-state index is 0.0535. The van der Waals surface area contributed by atoms with Gasteiger partial charge in [-0.1, -0.05) is 26.5 Å². The van der Waals surface area contributed by atoms with Crippen LogP contribution in [-0.2, 0) is 4.74 Å². The molecule has 0 radical (unpaired) electrons. The smallest absolute Gasteiger partial charge is 0.0995 e. The number of hydrogen-bond acceptors (Lipinski definition) is 3. The van der Waals surface area contributed by atoms with Gasteiger partial charge in [0.2, 0.25) is 0 Å². The molecule has 5 atom stereocenters. The molecule has 3 nitrogen and oxygen atoms in total. The summed E-state index contributed by atoms with van der Waals surface area (Å²) in [7, 11) is 0. The molecular formula is C23H28N2O. The van der Waals surface area contributed by atoms with E-state index in [-0.39, 0.29) is 11.7 Å². The van der Waals surface area contributed by atoms with Crippen molar-refractivity contribution >= 4 is 16.5 Å². The van der Waals surface area contributed by atoms with Crippen molar-refractivity contribution < 1.29 is 4.74 Å². The summed E-state index contributed by atoms with van der Waals surface area (Å²) in [4.78, 5) is 7.30. The van der Waals surface area contributed by atoms with Gasteiger partial charge >= 0.3 is 0 Å². The van der Waals surface area contributed by atoms with E-state index < -0.39 is 0 Å². The van der Waals surface area contributed by atoms with Gasteiger partial charge in [-0.3, -0.25) is 9.88 Å². The Kier molecular flexibility index (Phi) is 3.74. The lowest BCUT2D eigenvalue weighted by atomic mass is 9.66. The second kappa shape index (κ2) is 5.90. The maximum Gasteiger partial charge on any atom is 0.0995 e. The number of rotatable bonds is 4. The van der Waals surface area contributed by atoms with E-state index in [9.17, 15) is 0 Å². The average Bonchev–Trinajstić information content (AvgIpc) is 2.72. The van der Waals surface area contributed by atoms with E-state index in [1.807, 2.05) is 6.20 Å². The molecule has 5 aliphatic rings. The Hall–Kier alpha value is -1.71. The van der Waals surface area contributed by atoms with Crippen molar-refractivity contribution in [2.45, 2.75) is 57.3 Å². The third-order valence-corrected chi connectivity index (χ3v) is 7.20. The number of ether oxygens (including phenoxy) is 1. The summed E-state index contributed by atoms with van der Waals surface area (Å²) in [6.45, 7) is 11.0. The van der Waals surface area contributed by atoms with Crippen LogP contribution in [0.15, 0.2) is 37.0 Å². The molecule has 7 rings (SSSR count). The number of nitrogens with zero attached hydrogens (tertiary/aromatic N) is 2. The minimum Gasteiger partial charge on any atom is -0.364 e. The van der Waals surface area contributed by atoms with Gasteiger partial charge in [-0.25, -0.2) is 0 Å². The largest absolute Gasteiger partial charge is 0.364 e. The molecule has 136 valence electrons. The van der Waals surface area contributed by atoms with Crippen molar-refractivity contribution in [3.63, 3.8) is 0 Å². The van der Waals surface area contributed by atoms with Gasteiger partial charge < -0.3 is 4.74 Å². The molecule has 4 unspecified atom stereocenters. The highest BCUT2D eigenvalue weighted by Crippen LogP contribution is 2.54. The van der Waals surface area contributed by atoms with E-state index in [1.54, 1.807) is 0 Å². The summed E-state index contributed by atoms with van der Waals surface area (Å²) in [5.41, 5.74) is 4.83. The number of morpholine rings is 1. The van der Waals surface area contributed by atoms with E-state index in [0.717, 1.165) is 30.8 Å². The Balaban J connectivity index is 1.62. The highest BCUT2D eigenvalue weighted by Gasteiger charge is 2.58. The van der Waals surface area contributed by atoms with Crippen molar-refractivity contribution in [2.75, 3.05) is 13.1 Å². The lowest BCUT2D eigenvalue weighted by Crippen LogP contribution is -2.70. The molecule has 1 aromatic heterocycles. The zero-order chi connectivity index (χ0) is 17.9. The SMILES string of the molecule is C=C(CC)c1ccc2nccc([C@@H]3OC4(CC)CN5CCC4CC35)c2c1. The molecule has 5 fully saturated rings. The number of hydrogen-bond donors (Lipinski definition) is 0. The second-order valence-electron chi connectivity index (χ2n) is 8.31. The zero-order valence-corrected chi connectivity index (χ0v) is 15.9. The van der Waals surface area contributed by atoms with Crippen LogP contribution in [-0.4, -0.2) is 34.6 Å². The first-order valence-corrected chi connectivity index (χ1v) is 10.1. The Bertz CT molecular complexity index is 876. The molecule has 4 bridgehead atoms. The fraction of sp³-hybridized carbons (Fsp3) is 0.522. The monoisotopic (exact) mass is 348 g/mol. The molecule has 6 heterocycles. The van der Waals surface area contributed by atoms with Crippen LogP contribution < -0.4 is 0 Å². The maximum atomic E-state index is 6.89. The van der Waals surface area contributed by atoms with Crippen molar-refractivity contribution in [1.29, 1.82) is 0 Å². The summed E-state index contributed by atoms with van der Waals surface area (Å²) < 4.78 is 6.89. The molecule has 0 saturated carbocycles. The third kappa shape index (κ3) is 2.23. The normalized spacial score (nSPS) is 35.2. The van der Waals surface area contributed by atoms with Gasteiger partial charge in [0, 0.05) is 24.2 Å². The molecule has 1 aromatic carbocycles. The van der Waals surface area contributed by atoms with Gasteiger partial charge in [-0.15, -0.1) is 0 Å². The van der Waals surface area contributed by atoms with Crippen LogP contribution >= 0.6 is 0 Å². The van der Waals surface area contributed by atoms with Crippen molar-refractivity contribution in [3.8, 4) is 0 Å². The molecule has 0 aliphatic carbocycles. The Labute approximate surface area is 156 Å². The van der Waals surface area contributed by atoms with Crippen molar-refractivity contribution in [1.82, 2.24) is 9.88 Å². The summed E-state index contributed by atoms with van der Waals surface area (Å²) in [5.74, 6) is 0.738. The van der Waals surface area contributed by atoms with Crippen LogP contribution in [0.25, 0.3) is 16.5 Å². The van der Waals surface area contributed by atoms with Crippen molar-refractivity contribution in [3.05, 3.63) is 48.2 Å². The van der Waals surface area contributed by atoms with Crippen LogP contribution in [0, 0.1) is 5.92 Å². The van der Waals surface area contributed by atoms with Crippen molar-refractivity contribution in [2.24, 2.45) is 5.92 Å². The highest BCUT2D eigenvalue weighted by molar-refractivity contribution is 5.86. The zero-order valence-electron chi connectivity index (χ0n) is 15.9. The summed E-state index contributed by atoms with van der Waals surface area (Å²) in [6, 6.07) is 9.27. The first-order valence-electron chi connectivity index (χ1n) is 10.1. The molecular weight excluding hydrogens is 320 g/mol. The van der Waals surface area contributed by atoms with Crippen LogP contribution in [0.5, 0.6) is 0 Å². The predicted octanol–water partition coefficient (Wildman–Crippen LogP) is 4.97. The standard InChI is InChI=1S/C23H28N2O/c1-4-15(3)16-6-7-20-19(12-16)18(8-10-24-20)22-21-13-17-9-11-25(21)14-23(17,5-2)26-22/h6-8,10,12,17,21-22H,3-5,9,11,13-14H2,1-2H3/t17?,21?,22-,23?/m0/s1. The number of allylic oxidation sites excluding steroid dienone is 1. The van der Waals surface area contributed by atoms with Crippen LogP contribution in [0.2, 0.25) is 0 Å². The third-order valence-electron chi connectivity index (χ3n) is 7.20. The fourth-order valence-corrected chi connectivity index (χ4v) is 5.57.